The van der Waals surface area contributed by atoms with E-state index in [2.05, 4.69) is 5.32 Å². The second-order valence-corrected chi connectivity index (χ2v) is 12.2. The first kappa shape index (κ1) is 26.1. The van der Waals surface area contributed by atoms with Crippen LogP contribution in [0.5, 0.6) is 5.75 Å². The van der Waals surface area contributed by atoms with E-state index in [4.69, 9.17) is 4.74 Å². The number of likely N-dealkylation sites (N-methyl/N-ethyl adjacent to an activating group) is 2. The number of carbonyl (C=O) groups is 3. The van der Waals surface area contributed by atoms with Crippen molar-refractivity contribution in [3.8, 4) is 5.75 Å². The third kappa shape index (κ3) is 3.47. The molecule has 4 aliphatic rings. The highest BCUT2D eigenvalue weighted by atomic mass is 32.2. The van der Waals surface area contributed by atoms with E-state index in [1.54, 1.807) is 52.2 Å². The SMILES string of the molecule is CC(C)OC(=O)[C@H](Cc1ccc(O)cc1)NC(=O)[C@]12C3CCN1S(=O)(=O)c1ccc(cc1)[N+]2(C)C(=O)N3C. The highest BCUT2D eigenvalue weighted by Crippen LogP contribution is 2.52. The number of nitrogens with one attached hydrogen (secondary N) is 1. The van der Waals surface area contributed by atoms with E-state index in [1.807, 2.05) is 0 Å². The fourth-order valence-corrected chi connectivity index (χ4v) is 7.93. The number of urea groups is 1. The highest BCUT2D eigenvalue weighted by Gasteiger charge is 2.80. The van der Waals surface area contributed by atoms with Gasteiger partial charge < -0.3 is 15.2 Å². The quantitative estimate of drug-likeness (QED) is 0.417. The molecule has 0 radical (unpaired) electrons. The molecule has 2 N–H and O–H groups in total. The predicted octanol–water partition coefficient (Wildman–Crippen LogP) is 1.55. The maximum Gasteiger partial charge on any atom is 0.426 e. The fourth-order valence-electron chi connectivity index (χ4n) is 6.12. The number of aromatic hydroxyl groups is 1. The van der Waals surface area contributed by atoms with Gasteiger partial charge in [0.1, 0.15) is 23.5 Å². The Balaban J connectivity index is 1.64. The molecule has 2 aromatic carbocycles. The van der Waals surface area contributed by atoms with Crippen LogP contribution in [0.1, 0.15) is 25.8 Å². The van der Waals surface area contributed by atoms with E-state index in [-0.39, 0.29) is 30.0 Å². The number of quaternary nitrogens is 1. The van der Waals surface area contributed by atoms with Crippen molar-refractivity contribution in [2.24, 2.45) is 0 Å². The van der Waals surface area contributed by atoms with Crippen LogP contribution in [0.25, 0.3) is 0 Å². The second-order valence-electron chi connectivity index (χ2n) is 10.4. The maximum atomic E-state index is 14.5. The summed E-state index contributed by atoms with van der Waals surface area (Å²) in [6.45, 7) is 3.40. The van der Waals surface area contributed by atoms with Gasteiger partial charge >= 0.3 is 17.9 Å². The van der Waals surface area contributed by atoms with Gasteiger partial charge in [-0.05, 0) is 50.1 Å². The number of fused-ring (bicyclic) bond motifs is 2. The monoisotopic (exact) mass is 543 g/mol. The van der Waals surface area contributed by atoms with Crippen LogP contribution in [0.2, 0.25) is 0 Å². The van der Waals surface area contributed by atoms with Gasteiger partial charge in [0.05, 0.1) is 18.0 Å². The average Bonchev–Trinajstić information content (AvgIpc) is 3.36. The zero-order chi connectivity index (χ0) is 27.6. The van der Waals surface area contributed by atoms with Gasteiger partial charge in [-0.1, -0.05) is 12.1 Å². The molecule has 38 heavy (non-hydrogen) atoms. The Morgan fingerprint density at radius 1 is 1.16 bits per heavy atom. The van der Waals surface area contributed by atoms with Crippen molar-refractivity contribution >= 4 is 33.6 Å². The number of phenolic OH excluding ortho intramolecular Hbond substituents is 1. The van der Waals surface area contributed by atoms with E-state index >= 15 is 0 Å². The van der Waals surface area contributed by atoms with E-state index in [0.717, 1.165) is 4.31 Å². The van der Waals surface area contributed by atoms with Gasteiger partial charge in [0.15, 0.2) is 0 Å². The number of ether oxygens (including phenoxy) is 1. The van der Waals surface area contributed by atoms with Crippen LogP contribution in [-0.2, 0) is 30.8 Å². The van der Waals surface area contributed by atoms with Gasteiger partial charge in [0, 0.05) is 32.1 Å². The van der Waals surface area contributed by atoms with E-state index < -0.39 is 56.3 Å². The van der Waals surface area contributed by atoms with E-state index in [0.29, 0.717) is 11.3 Å². The van der Waals surface area contributed by atoms with Crippen molar-refractivity contribution in [1.82, 2.24) is 19.0 Å². The van der Waals surface area contributed by atoms with Crippen molar-refractivity contribution in [2.45, 2.75) is 55.4 Å². The molecule has 0 spiro atoms. The molecule has 4 aliphatic heterocycles. The van der Waals surface area contributed by atoms with Crippen molar-refractivity contribution in [2.75, 3.05) is 20.6 Å². The molecule has 0 aromatic heterocycles. The number of phenols is 1. The Hall–Kier alpha value is -3.48. The van der Waals surface area contributed by atoms with Crippen molar-refractivity contribution in [3.05, 3.63) is 54.1 Å². The summed E-state index contributed by atoms with van der Waals surface area (Å²) in [4.78, 5) is 42.9. The zero-order valence-electron chi connectivity index (χ0n) is 21.6. The molecule has 4 heterocycles. The number of sulfonamides is 1. The van der Waals surface area contributed by atoms with Crippen LogP contribution in [0.3, 0.4) is 0 Å². The van der Waals surface area contributed by atoms with Crippen LogP contribution >= 0.6 is 0 Å². The topological polar surface area (TPSA) is 133 Å². The summed E-state index contributed by atoms with van der Waals surface area (Å²) < 4.78 is 33.6. The first-order chi connectivity index (χ1) is 17.8. The van der Waals surface area contributed by atoms with E-state index in [9.17, 15) is 27.9 Å². The minimum atomic E-state index is -4.16. The Morgan fingerprint density at radius 2 is 1.79 bits per heavy atom. The molecule has 2 saturated heterocycles. The van der Waals surface area contributed by atoms with Gasteiger partial charge in [0.25, 0.3) is 5.66 Å². The normalized spacial score (nSPS) is 28.1. The number of hydrogen-bond donors (Lipinski definition) is 2. The van der Waals surface area contributed by atoms with Crippen molar-refractivity contribution < 1.29 is 32.6 Å². The summed E-state index contributed by atoms with van der Waals surface area (Å²) in [6.07, 6.45) is -0.172. The average molecular weight is 544 g/mol. The molecule has 6 rings (SSSR count). The molecule has 202 valence electrons. The summed E-state index contributed by atoms with van der Waals surface area (Å²) in [6, 6.07) is 9.83. The largest absolute Gasteiger partial charge is 0.508 e. The summed E-state index contributed by atoms with van der Waals surface area (Å²) in [5.74, 6) is -1.40. The molecule has 0 aliphatic carbocycles. The van der Waals surface area contributed by atoms with Crippen molar-refractivity contribution in [1.29, 1.82) is 0 Å². The molecule has 2 bridgehead atoms. The first-order valence-corrected chi connectivity index (χ1v) is 13.9. The number of nitrogens with zero attached hydrogens (tertiary/aromatic N) is 3. The van der Waals surface area contributed by atoms with Gasteiger partial charge in [-0.3, -0.25) is 9.69 Å². The van der Waals surface area contributed by atoms with Gasteiger partial charge in [-0.25, -0.2) is 18.0 Å². The molecular weight excluding hydrogens is 512 g/mol. The molecule has 2 fully saturated rings. The number of amides is 3. The Labute approximate surface area is 221 Å². The van der Waals surface area contributed by atoms with Crippen LogP contribution in [-0.4, -0.2) is 85.1 Å². The lowest BCUT2D eigenvalue weighted by molar-refractivity contribution is -0.153. The highest BCUT2D eigenvalue weighted by molar-refractivity contribution is 7.89. The van der Waals surface area contributed by atoms with Gasteiger partial charge in [-0.2, -0.15) is 4.48 Å². The summed E-state index contributed by atoms with van der Waals surface area (Å²) in [5.41, 5.74) is -0.775. The maximum absolute atomic E-state index is 14.5. The van der Waals surface area contributed by atoms with Crippen molar-refractivity contribution in [3.63, 3.8) is 0 Å². The summed E-state index contributed by atoms with van der Waals surface area (Å²) in [5, 5.41) is 12.4. The fraction of sp³-hybridized carbons (Fsp3) is 0.423. The van der Waals surface area contributed by atoms with Crippen LogP contribution in [0.4, 0.5) is 10.5 Å². The molecule has 3 amide bonds. The lowest BCUT2D eigenvalue weighted by atomic mass is 9.96. The van der Waals surface area contributed by atoms with Crippen LogP contribution in [0.15, 0.2) is 53.4 Å². The standard InChI is InChI=1S/C26H30N4O7S/c1-16(2)37-23(32)21(15-17-5-9-19(31)10-6-17)27-24(33)26-22-13-14-29(26)38(35,36)20-11-7-18(8-12-20)30(26,4)25(34)28(22)3/h5-12,16,21-22H,13-15H2,1-4H3,(H-,27,31,33)/p+1/t21-,22?,26+,30?/m0/s1. The molecule has 12 heteroatoms. The molecular formula is C26H31N4O7S+. The number of carbonyl (C=O) groups excluding carboxylic acids is 3. The number of hydrogen-bond acceptors (Lipinski definition) is 7. The van der Waals surface area contributed by atoms with Crippen LogP contribution in [0, 0.1) is 0 Å². The molecule has 4 atom stereocenters. The molecule has 0 saturated carbocycles. The van der Waals surface area contributed by atoms with Gasteiger partial charge in [-0.15, -0.1) is 4.31 Å². The lowest BCUT2D eigenvalue weighted by Gasteiger charge is -2.45. The Bertz CT molecular complexity index is 1410. The third-order valence-electron chi connectivity index (χ3n) is 7.88. The Morgan fingerprint density at radius 3 is 2.39 bits per heavy atom. The number of rotatable bonds is 6. The first-order valence-electron chi connectivity index (χ1n) is 12.4. The van der Waals surface area contributed by atoms with E-state index in [1.165, 1.54) is 29.2 Å². The molecule has 11 nitrogen and oxygen atoms in total. The second kappa shape index (κ2) is 8.79. The number of esters is 1. The van der Waals surface area contributed by atoms with Crippen LogP contribution < -0.4 is 9.80 Å². The summed E-state index contributed by atoms with van der Waals surface area (Å²) >= 11 is 0. The zero-order valence-corrected chi connectivity index (χ0v) is 22.4. The number of benzene rings is 2. The minimum Gasteiger partial charge on any atom is -0.508 e. The molecule has 2 unspecified atom stereocenters. The molecule has 2 aromatic rings. The minimum absolute atomic E-state index is 0.0298. The van der Waals surface area contributed by atoms with Gasteiger partial charge in [0.2, 0.25) is 10.0 Å². The lowest BCUT2D eigenvalue weighted by Crippen LogP contribution is -2.77. The third-order valence-corrected chi connectivity index (χ3v) is 9.79. The summed E-state index contributed by atoms with van der Waals surface area (Å²) in [7, 11) is -1.04. The predicted molar refractivity (Wildman–Crippen MR) is 137 cm³/mol. The smallest absolute Gasteiger partial charge is 0.426 e. The Kier molecular flexibility index (Phi) is 6.04.